The molecule has 0 heterocycles. The molecule has 2 aliphatic carbocycles. The number of esters is 2. The van der Waals surface area contributed by atoms with Crippen LogP contribution in [0.3, 0.4) is 0 Å². The Balaban J connectivity index is 0.000000619. The van der Waals surface area contributed by atoms with Crippen LogP contribution in [-0.4, -0.2) is 22.2 Å². The minimum Gasteiger partial charge on any atom is -0.512 e. The maximum absolute atomic E-state index is 12.1. The third-order valence-electron chi connectivity index (χ3n) is 6.65. The Morgan fingerprint density at radius 2 is 0.860 bits per heavy atom. The summed E-state index contributed by atoms with van der Waals surface area (Å²) in [6.07, 6.45) is 14.9. The van der Waals surface area contributed by atoms with Crippen molar-refractivity contribution in [2.75, 3.05) is 0 Å². The van der Waals surface area contributed by atoms with Crippen LogP contribution in [0.4, 0.5) is 11.4 Å². The number of hydrogen-bond acceptors (Lipinski definition) is 8. The summed E-state index contributed by atoms with van der Waals surface area (Å²) in [6.45, 7) is 0. The first-order valence-corrected chi connectivity index (χ1v) is 15.4. The molecular weight excluding hydrogens is 716 g/mol. The van der Waals surface area contributed by atoms with Crippen LogP contribution in [0, 0.1) is 0 Å². The molecule has 2 N–H and O–H groups in total. The van der Waals surface area contributed by atoms with Gasteiger partial charge in [0.25, 0.3) is 0 Å². The topological polar surface area (TPSA) is 118 Å². The Bertz CT molecular complexity index is 1600. The summed E-state index contributed by atoms with van der Waals surface area (Å²) < 4.78 is 10.6. The normalized spacial score (nSPS) is 11.8. The number of aliphatic hydroxyl groups is 2. The van der Waals surface area contributed by atoms with Crippen molar-refractivity contribution in [1.29, 1.82) is 0 Å². The first-order chi connectivity index (χ1) is 23.5. The van der Waals surface area contributed by atoms with Gasteiger partial charge in [-0.25, -0.2) is 24.3 Å². The van der Waals surface area contributed by atoms with E-state index in [-0.39, 0.29) is 71.3 Å². The van der Waals surface area contributed by atoms with Crippen molar-refractivity contribution in [3.05, 3.63) is 180 Å². The van der Waals surface area contributed by atoms with Crippen LogP contribution in [0.2, 0.25) is 0 Å². The van der Waals surface area contributed by atoms with E-state index in [4.69, 9.17) is 9.47 Å². The molecule has 0 unspecified atom stereocenters. The SMILES string of the molecule is O=C(CCC(O)=C1C=CC=C1)Oc1ccc(N=Nc2ccc(OC(=O)CCC(O)=C3C=CC=C3)cc2)cc1.[Fe+2].[Fe].c1cc[cH-]c1.c1cc[cH-]c1. The molecule has 2 aliphatic rings. The van der Waals surface area contributed by atoms with E-state index in [0.717, 1.165) is 0 Å². The van der Waals surface area contributed by atoms with Gasteiger partial charge in [-0.3, -0.25) is 9.59 Å². The van der Waals surface area contributed by atoms with E-state index in [2.05, 4.69) is 10.2 Å². The fourth-order valence-electron chi connectivity index (χ4n) is 4.15. The third-order valence-corrected chi connectivity index (χ3v) is 6.65. The summed E-state index contributed by atoms with van der Waals surface area (Å²) in [5, 5.41) is 28.3. The Kier molecular flexibility index (Phi) is 19.0. The Labute approximate surface area is 313 Å². The van der Waals surface area contributed by atoms with Crippen molar-refractivity contribution in [2.45, 2.75) is 25.7 Å². The fraction of sp³-hybridized carbons (Fsp3) is 0.100. The quantitative estimate of drug-likeness (QED) is 0.0416. The number of aliphatic hydroxyl groups excluding tert-OH is 2. The van der Waals surface area contributed by atoms with Crippen LogP contribution in [0.25, 0.3) is 0 Å². The third kappa shape index (κ3) is 15.3. The second-order valence-electron chi connectivity index (χ2n) is 10.3. The van der Waals surface area contributed by atoms with Crippen molar-refractivity contribution in [3.63, 3.8) is 0 Å². The average molecular weight is 752 g/mol. The summed E-state index contributed by atoms with van der Waals surface area (Å²) >= 11 is 0. The molecule has 0 saturated heterocycles. The number of allylic oxidation sites excluding steroid dienone is 12. The zero-order valence-corrected chi connectivity index (χ0v) is 29.2. The maximum Gasteiger partial charge on any atom is 2.00 e. The minimum atomic E-state index is -0.449. The van der Waals surface area contributed by atoms with Crippen molar-refractivity contribution in [1.82, 2.24) is 0 Å². The smallest absolute Gasteiger partial charge is 0.512 e. The van der Waals surface area contributed by atoms with Crippen molar-refractivity contribution >= 4 is 23.3 Å². The van der Waals surface area contributed by atoms with E-state index >= 15 is 0 Å². The largest absolute Gasteiger partial charge is 2.00 e. The molecule has 0 radical (unpaired) electrons. The summed E-state index contributed by atoms with van der Waals surface area (Å²) in [7, 11) is 0. The molecular formula is C40H36Fe2N2O6. The van der Waals surface area contributed by atoms with Gasteiger partial charge in [0.1, 0.15) is 23.0 Å². The van der Waals surface area contributed by atoms with Crippen LogP contribution in [0.5, 0.6) is 11.5 Å². The van der Waals surface area contributed by atoms with Gasteiger partial charge >= 0.3 is 29.0 Å². The van der Waals surface area contributed by atoms with Crippen LogP contribution in [-0.2, 0) is 43.7 Å². The zero-order chi connectivity index (χ0) is 33.8. The Morgan fingerprint density at radius 3 is 1.14 bits per heavy atom. The predicted molar refractivity (Wildman–Crippen MR) is 187 cm³/mol. The molecule has 0 saturated carbocycles. The van der Waals surface area contributed by atoms with Gasteiger partial charge in [-0.2, -0.15) is 46.6 Å². The molecule has 0 atom stereocenters. The van der Waals surface area contributed by atoms with E-state index in [1.807, 2.05) is 85.0 Å². The van der Waals surface area contributed by atoms with Gasteiger partial charge in [0, 0.05) is 41.1 Å². The minimum absolute atomic E-state index is 0. The number of hydrogen-bond donors (Lipinski definition) is 2. The molecule has 4 aromatic rings. The van der Waals surface area contributed by atoms with Gasteiger partial charge in [-0.15, -0.1) is 0 Å². The summed E-state index contributed by atoms with van der Waals surface area (Å²) in [5.74, 6) is 0.141. The van der Waals surface area contributed by atoms with Crippen LogP contribution >= 0.6 is 0 Å². The Morgan fingerprint density at radius 1 is 0.540 bits per heavy atom. The second-order valence-corrected chi connectivity index (χ2v) is 10.3. The molecule has 8 nitrogen and oxygen atoms in total. The monoisotopic (exact) mass is 752 g/mol. The molecule has 4 aromatic carbocycles. The summed E-state index contributed by atoms with van der Waals surface area (Å²) in [6, 6.07) is 33.1. The summed E-state index contributed by atoms with van der Waals surface area (Å²) in [5.41, 5.74) is 2.51. The van der Waals surface area contributed by atoms with Gasteiger partial charge in [-0.05, 0) is 48.5 Å². The Hall–Kier alpha value is -5.24. The molecule has 0 aromatic heterocycles. The number of rotatable bonds is 10. The summed E-state index contributed by atoms with van der Waals surface area (Å²) in [4.78, 5) is 24.1. The van der Waals surface area contributed by atoms with E-state index in [9.17, 15) is 19.8 Å². The molecule has 6 rings (SSSR count). The number of benzene rings is 2. The average Bonchev–Trinajstić information content (AvgIpc) is 3.96. The number of azo groups is 1. The second kappa shape index (κ2) is 23.2. The molecule has 0 bridgehead atoms. The van der Waals surface area contributed by atoms with Crippen molar-refractivity contribution < 1.29 is 63.4 Å². The van der Waals surface area contributed by atoms with E-state index < -0.39 is 11.9 Å². The number of carbonyl (C=O) groups is 2. The molecule has 10 heteroatoms. The first kappa shape index (κ1) is 40.9. The van der Waals surface area contributed by atoms with Crippen LogP contribution in [0.15, 0.2) is 191 Å². The maximum atomic E-state index is 12.1. The van der Waals surface area contributed by atoms with Gasteiger partial charge in [-0.1, -0.05) is 48.6 Å². The molecule has 258 valence electrons. The van der Waals surface area contributed by atoms with Gasteiger partial charge < -0.3 is 19.7 Å². The van der Waals surface area contributed by atoms with Crippen molar-refractivity contribution in [2.24, 2.45) is 10.2 Å². The molecule has 50 heavy (non-hydrogen) atoms. The standard InChI is InChI=1S/C30H26N2O6.2C5H5.2Fe/c33-27(21-5-1-2-6-21)17-19-29(35)37-25-13-9-23(10-14-25)31-32-24-11-15-26(16-12-24)38-30(36)20-18-28(34)22-7-3-4-8-22;2*1-2-4-5-3-1;;/h1-16,33-34H,17-20H2;2*1-5H;;/q;2*-1;;+2. The molecule has 0 fully saturated rings. The molecule has 0 spiro atoms. The first-order valence-electron chi connectivity index (χ1n) is 15.4. The van der Waals surface area contributed by atoms with Crippen molar-refractivity contribution in [3.8, 4) is 11.5 Å². The fourth-order valence-corrected chi connectivity index (χ4v) is 4.15. The van der Waals surface area contributed by atoms with E-state index in [1.165, 1.54) is 0 Å². The van der Waals surface area contributed by atoms with E-state index in [0.29, 0.717) is 34.0 Å². The molecule has 0 amide bonds. The number of nitrogens with zero attached hydrogens (tertiary/aromatic N) is 2. The van der Waals surface area contributed by atoms with Crippen LogP contribution in [0.1, 0.15) is 25.7 Å². The van der Waals surface area contributed by atoms with E-state index in [1.54, 1.807) is 72.8 Å². The van der Waals surface area contributed by atoms with Gasteiger partial charge in [0.05, 0.1) is 24.2 Å². The zero-order valence-electron chi connectivity index (χ0n) is 27.0. The predicted octanol–water partition coefficient (Wildman–Crippen LogP) is 10.2. The molecule has 0 aliphatic heterocycles. The van der Waals surface area contributed by atoms with Gasteiger partial charge in [0.2, 0.25) is 0 Å². The van der Waals surface area contributed by atoms with Gasteiger partial charge in [0.15, 0.2) is 0 Å². The number of ether oxygens (including phenoxy) is 2. The number of carbonyl (C=O) groups excluding carboxylic acids is 2. The van der Waals surface area contributed by atoms with Crippen LogP contribution < -0.4 is 9.47 Å².